The standard InChI is InChI=1S/C13H22O4.C3H7O3S.Na/c1-3-5-6-7-9-11(13(15)16)10-17-12(14)8-4-2;1-2-3-7(4,5)6;/h4,8,11H,3,5-7,9-10H2,1-2H3,(H,15,16);1-3H2,(H,4,5,6);/q;-1;+1. The molecule has 0 fully saturated rings. The van der Waals surface area contributed by atoms with Crippen molar-refractivity contribution in [2.75, 3.05) is 12.4 Å². The van der Waals surface area contributed by atoms with E-state index in [1.807, 2.05) is 0 Å². The van der Waals surface area contributed by atoms with Crippen molar-refractivity contribution in [2.45, 2.75) is 52.4 Å². The monoisotopic (exact) mass is 388 g/mol. The van der Waals surface area contributed by atoms with Crippen LogP contribution in [0.3, 0.4) is 0 Å². The first kappa shape index (κ1) is 29.4. The number of unbranched alkanes of at least 4 members (excludes halogenated alkanes) is 3. The molecule has 1 unspecified atom stereocenters. The molecule has 142 valence electrons. The molecule has 0 rings (SSSR count). The molecular weight excluding hydrogens is 359 g/mol. The minimum absolute atomic E-state index is 0. The zero-order valence-corrected chi connectivity index (χ0v) is 18.3. The summed E-state index contributed by atoms with van der Waals surface area (Å²) in [5, 5.41) is 8.96. The van der Waals surface area contributed by atoms with Gasteiger partial charge in [-0.25, -0.2) is 4.79 Å². The van der Waals surface area contributed by atoms with Crippen LogP contribution < -0.4 is 29.6 Å². The summed E-state index contributed by atoms with van der Waals surface area (Å²) in [5.74, 6) is -2.20. The van der Waals surface area contributed by atoms with Crippen molar-refractivity contribution in [3.05, 3.63) is 19.1 Å². The zero-order chi connectivity index (χ0) is 19.0. The Morgan fingerprint density at radius 2 is 1.84 bits per heavy atom. The molecule has 7 nitrogen and oxygen atoms in total. The molecule has 1 atom stereocenters. The van der Waals surface area contributed by atoms with E-state index < -0.39 is 28.0 Å². The smallest absolute Gasteiger partial charge is 0.481 e. The summed E-state index contributed by atoms with van der Waals surface area (Å²) in [4.78, 5) is 22.0. The summed E-state index contributed by atoms with van der Waals surface area (Å²) in [6.45, 7) is 7.01. The van der Waals surface area contributed by atoms with Gasteiger partial charge in [-0.1, -0.05) is 38.7 Å². The largest absolute Gasteiger partial charge is 1.00 e. The molecule has 0 heterocycles. The summed E-state index contributed by atoms with van der Waals surface area (Å²) in [6, 6.07) is 0. The number of carboxylic acids is 1. The van der Waals surface area contributed by atoms with Crippen LogP contribution in [0.1, 0.15) is 52.4 Å². The van der Waals surface area contributed by atoms with Gasteiger partial charge in [0, 0.05) is 11.8 Å². The van der Waals surface area contributed by atoms with Gasteiger partial charge in [0.2, 0.25) is 0 Å². The number of esters is 1. The number of ether oxygens (including phenoxy) is 1. The first-order valence-corrected chi connectivity index (χ1v) is 9.55. The topological polar surface area (TPSA) is 118 Å². The molecule has 0 spiro atoms. The second-order valence-corrected chi connectivity index (χ2v) is 6.73. The molecular formula is C16H29NaO7S. The Balaban J connectivity index is -0.000000513. The third-order valence-electron chi connectivity index (χ3n) is 2.89. The SMILES string of the molecule is CC=CC(=O)OCC(CCCCCC)C(=O)O.[CH2-]CCS(=O)(=O)O.[Na+]. The van der Waals surface area contributed by atoms with E-state index in [9.17, 15) is 18.0 Å². The molecule has 0 aromatic carbocycles. The Hall–Kier alpha value is -0.410. The van der Waals surface area contributed by atoms with Crippen LogP contribution in [0.5, 0.6) is 0 Å². The molecule has 0 radical (unpaired) electrons. The van der Waals surface area contributed by atoms with Crippen molar-refractivity contribution in [1.29, 1.82) is 0 Å². The second-order valence-electron chi connectivity index (χ2n) is 5.15. The Kier molecular flexibility index (Phi) is 21.6. The quantitative estimate of drug-likeness (QED) is 0.126. The molecule has 2 N–H and O–H groups in total. The minimum atomic E-state index is -3.74. The van der Waals surface area contributed by atoms with Crippen molar-refractivity contribution in [1.82, 2.24) is 0 Å². The fraction of sp³-hybridized carbons (Fsp3) is 0.688. The summed E-state index contributed by atoms with van der Waals surface area (Å²) < 4.78 is 32.3. The summed E-state index contributed by atoms with van der Waals surface area (Å²) in [5.41, 5.74) is 0. The summed E-state index contributed by atoms with van der Waals surface area (Å²) in [7, 11) is -3.74. The van der Waals surface area contributed by atoms with Gasteiger partial charge in [0.15, 0.2) is 0 Å². The molecule has 0 aromatic heterocycles. The van der Waals surface area contributed by atoms with Gasteiger partial charge in [-0.15, -0.1) is 0 Å². The van der Waals surface area contributed by atoms with Gasteiger partial charge >= 0.3 is 41.5 Å². The van der Waals surface area contributed by atoms with E-state index in [-0.39, 0.29) is 48.3 Å². The molecule has 0 aliphatic carbocycles. The number of carboxylic acid groups (broad SMARTS) is 1. The maximum Gasteiger partial charge on any atom is 1.00 e. The van der Waals surface area contributed by atoms with Gasteiger partial charge in [-0.3, -0.25) is 9.35 Å². The van der Waals surface area contributed by atoms with Crippen LogP contribution in [0.15, 0.2) is 12.2 Å². The molecule has 25 heavy (non-hydrogen) atoms. The number of rotatable bonds is 11. The Labute approximate surface area is 173 Å². The predicted octanol–water partition coefficient (Wildman–Crippen LogP) is -0.121. The van der Waals surface area contributed by atoms with Crippen LogP contribution in [-0.2, 0) is 24.4 Å². The van der Waals surface area contributed by atoms with Gasteiger partial charge in [0.1, 0.15) is 6.61 Å². The van der Waals surface area contributed by atoms with Gasteiger partial charge in [0.05, 0.1) is 5.92 Å². The Bertz CT molecular complexity index is 475. The number of allylic oxidation sites excluding steroid dienone is 1. The van der Waals surface area contributed by atoms with Crippen LogP contribution in [-0.4, -0.2) is 42.4 Å². The van der Waals surface area contributed by atoms with Crippen molar-refractivity contribution in [2.24, 2.45) is 5.92 Å². The van der Waals surface area contributed by atoms with Gasteiger partial charge < -0.3 is 16.8 Å². The number of hydrogen-bond acceptors (Lipinski definition) is 5. The normalized spacial score (nSPS) is 11.8. The predicted molar refractivity (Wildman–Crippen MR) is 92.0 cm³/mol. The third kappa shape index (κ3) is 23.6. The number of hydrogen-bond donors (Lipinski definition) is 2. The van der Waals surface area contributed by atoms with Gasteiger partial charge in [-0.05, 0) is 13.3 Å². The van der Waals surface area contributed by atoms with E-state index in [1.54, 1.807) is 13.0 Å². The van der Waals surface area contributed by atoms with Crippen molar-refractivity contribution in [3.63, 3.8) is 0 Å². The Morgan fingerprint density at radius 1 is 1.24 bits per heavy atom. The average Bonchev–Trinajstić information content (AvgIpc) is 2.45. The number of carbonyl (C=O) groups is 2. The number of carbonyl (C=O) groups excluding carboxylic acids is 1. The minimum Gasteiger partial charge on any atom is -0.481 e. The third-order valence-corrected chi connectivity index (χ3v) is 3.69. The first-order valence-electron chi connectivity index (χ1n) is 7.94. The molecule has 0 aromatic rings. The van der Waals surface area contributed by atoms with Gasteiger partial charge in [0.25, 0.3) is 10.1 Å². The van der Waals surface area contributed by atoms with E-state index in [4.69, 9.17) is 14.4 Å². The van der Waals surface area contributed by atoms with Crippen LogP contribution >= 0.6 is 0 Å². The van der Waals surface area contributed by atoms with Crippen molar-refractivity contribution in [3.8, 4) is 0 Å². The molecule has 0 saturated carbocycles. The van der Waals surface area contributed by atoms with E-state index in [0.29, 0.717) is 6.42 Å². The molecule has 0 aliphatic heterocycles. The maximum absolute atomic E-state index is 11.0. The van der Waals surface area contributed by atoms with Gasteiger partial charge in [-0.2, -0.15) is 14.8 Å². The van der Waals surface area contributed by atoms with E-state index in [0.717, 1.165) is 25.7 Å². The zero-order valence-electron chi connectivity index (χ0n) is 15.4. The second kappa shape index (κ2) is 18.4. The fourth-order valence-electron chi connectivity index (χ4n) is 1.64. The number of aliphatic carboxylic acids is 1. The molecule has 0 saturated heterocycles. The average molecular weight is 388 g/mol. The molecule has 0 bridgehead atoms. The maximum atomic E-state index is 11.0. The van der Waals surface area contributed by atoms with Crippen LogP contribution in [0.25, 0.3) is 0 Å². The van der Waals surface area contributed by atoms with Crippen LogP contribution in [0, 0.1) is 12.8 Å². The Morgan fingerprint density at radius 3 is 2.20 bits per heavy atom. The fourth-order valence-corrected chi connectivity index (χ4v) is 2.01. The van der Waals surface area contributed by atoms with Crippen molar-refractivity contribution >= 4 is 22.1 Å². The van der Waals surface area contributed by atoms with Crippen molar-refractivity contribution < 1.29 is 62.0 Å². The molecule has 0 amide bonds. The van der Waals surface area contributed by atoms with E-state index >= 15 is 0 Å². The molecule has 9 heteroatoms. The first-order chi connectivity index (χ1) is 11.2. The summed E-state index contributed by atoms with van der Waals surface area (Å²) >= 11 is 0. The van der Waals surface area contributed by atoms with Crippen LogP contribution in [0.2, 0.25) is 0 Å². The molecule has 0 aliphatic rings. The van der Waals surface area contributed by atoms with E-state index in [1.165, 1.54) is 6.08 Å². The van der Waals surface area contributed by atoms with Crippen LogP contribution in [0.4, 0.5) is 0 Å². The van der Waals surface area contributed by atoms with E-state index in [2.05, 4.69) is 13.8 Å². The summed E-state index contributed by atoms with van der Waals surface area (Å²) in [6.07, 6.45) is 7.78.